The fourth-order valence-corrected chi connectivity index (χ4v) is 0.278. The molecule has 0 rings (SSSR count). The van der Waals surface area contributed by atoms with Gasteiger partial charge in [0.05, 0.1) is 0 Å². The molecule has 0 unspecified atom stereocenters. The molecule has 0 aromatic rings. The number of hydrogen-bond donors (Lipinski definition) is 0. The van der Waals surface area contributed by atoms with Crippen molar-refractivity contribution < 1.29 is 0 Å². The maximum absolute atomic E-state index is 3.98. The van der Waals surface area contributed by atoms with Crippen molar-refractivity contribution >= 4 is 6.21 Å². The minimum Gasteiger partial charge on any atom is -0.267 e. The summed E-state index contributed by atoms with van der Waals surface area (Å²) in [6, 6.07) is 0. The summed E-state index contributed by atoms with van der Waals surface area (Å²) in [4.78, 5) is 3.98. The smallest absolute Gasteiger partial charge is 0.0326 e. The number of allylic oxidation sites excluding steroid dienone is 2. The first-order chi connectivity index (χ1) is 3.31. The van der Waals surface area contributed by atoms with Crippen LogP contribution in [0.1, 0.15) is 20.8 Å². The lowest BCUT2D eigenvalue weighted by molar-refractivity contribution is 1.29. The maximum atomic E-state index is 3.98. The molecule has 0 radical (unpaired) electrons. The van der Waals surface area contributed by atoms with Crippen LogP contribution >= 0.6 is 0 Å². The Morgan fingerprint density at radius 2 is 2.00 bits per heavy atom. The van der Waals surface area contributed by atoms with E-state index in [9.17, 15) is 0 Å². The zero-order valence-corrected chi connectivity index (χ0v) is 5.10. The summed E-state index contributed by atoms with van der Waals surface area (Å²) in [5.74, 6) is 0. The van der Waals surface area contributed by atoms with Gasteiger partial charge in [0.25, 0.3) is 0 Å². The highest BCUT2D eigenvalue weighted by molar-refractivity contribution is 5.54. The molecule has 0 saturated heterocycles. The van der Waals surface area contributed by atoms with Crippen molar-refractivity contribution in [1.29, 1.82) is 0 Å². The van der Waals surface area contributed by atoms with Crippen LogP contribution in [0, 0.1) is 0 Å². The molecule has 7 heavy (non-hydrogen) atoms. The first-order valence-electron chi connectivity index (χ1n) is 2.43. The fourth-order valence-electron chi connectivity index (χ4n) is 0.278. The van der Waals surface area contributed by atoms with Gasteiger partial charge < -0.3 is 0 Å². The van der Waals surface area contributed by atoms with Gasteiger partial charge in [0.1, 0.15) is 0 Å². The number of hydrogen-bond acceptors (Lipinski definition) is 1. The van der Waals surface area contributed by atoms with Crippen LogP contribution in [0.3, 0.4) is 0 Å². The van der Waals surface area contributed by atoms with E-state index in [-0.39, 0.29) is 0 Å². The van der Waals surface area contributed by atoms with E-state index in [2.05, 4.69) is 4.99 Å². The van der Waals surface area contributed by atoms with Crippen molar-refractivity contribution in [2.75, 3.05) is 0 Å². The van der Waals surface area contributed by atoms with E-state index in [1.807, 2.05) is 26.8 Å². The summed E-state index contributed by atoms with van der Waals surface area (Å²) in [7, 11) is 0. The van der Waals surface area contributed by atoms with E-state index in [0.29, 0.717) is 0 Å². The van der Waals surface area contributed by atoms with E-state index in [1.54, 1.807) is 6.21 Å². The largest absolute Gasteiger partial charge is 0.267 e. The molecule has 0 aliphatic heterocycles. The van der Waals surface area contributed by atoms with E-state index >= 15 is 0 Å². The predicted octanol–water partition coefficient (Wildman–Crippen LogP) is 2.00. The molecule has 0 atom stereocenters. The van der Waals surface area contributed by atoms with Crippen molar-refractivity contribution in [3.05, 3.63) is 11.8 Å². The van der Waals surface area contributed by atoms with Gasteiger partial charge in [-0.2, -0.15) is 0 Å². The van der Waals surface area contributed by atoms with E-state index < -0.39 is 0 Å². The Balaban J connectivity index is 3.58. The highest BCUT2D eigenvalue weighted by Gasteiger charge is 1.70. The molecule has 0 fully saturated rings. The molecule has 0 aromatic heterocycles. The standard InChI is InChI=1S/C6H11N/c1-4-6(3)7-5-2/h4-5H,1-3H3/b6-4-,7-5+. The van der Waals surface area contributed by atoms with Crippen LogP contribution in [0.15, 0.2) is 16.8 Å². The van der Waals surface area contributed by atoms with Gasteiger partial charge in [-0.05, 0) is 20.8 Å². The van der Waals surface area contributed by atoms with Gasteiger partial charge in [-0.3, -0.25) is 4.99 Å². The van der Waals surface area contributed by atoms with Crippen LogP contribution in [0.2, 0.25) is 0 Å². The van der Waals surface area contributed by atoms with Crippen molar-refractivity contribution in [3.8, 4) is 0 Å². The second-order valence-electron chi connectivity index (χ2n) is 1.32. The van der Waals surface area contributed by atoms with Crippen molar-refractivity contribution in [2.45, 2.75) is 20.8 Å². The number of nitrogens with zero attached hydrogens (tertiary/aromatic N) is 1. The van der Waals surface area contributed by atoms with Gasteiger partial charge in [-0.1, -0.05) is 6.08 Å². The molecule has 0 aliphatic carbocycles. The average molecular weight is 97.2 g/mol. The zero-order chi connectivity index (χ0) is 5.70. The van der Waals surface area contributed by atoms with Crippen LogP contribution in [0.5, 0.6) is 0 Å². The summed E-state index contributed by atoms with van der Waals surface area (Å²) < 4.78 is 0. The Kier molecular flexibility index (Phi) is 3.29. The summed E-state index contributed by atoms with van der Waals surface area (Å²) in [5.41, 5.74) is 1.07. The topological polar surface area (TPSA) is 12.4 Å². The molecule has 0 aromatic carbocycles. The lowest BCUT2D eigenvalue weighted by Gasteiger charge is -1.81. The van der Waals surface area contributed by atoms with Gasteiger partial charge in [-0.25, -0.2) is 0 Å². The molecule has 0 aliphatic rings. The third-order valence-corrected chi connectivity index (χ3v) is 0.751. The third kappa shape index (κ3) is 3.23. The third-order valence-electron chi connectivity index (χ3n) is 0.751. The molecule has 0 heterocycles. The second-order valence-corrected chi connectivity index (χ2v) is 1.32. The lowest BCUT2D eigenvalue weighted by atomic mass is 10.5. The van der Waals surface area contributed by atoms with Gasteiger partial charge >= 0.3 is 0 Å². The summed E-state index contributed by atoms with van der Waals surface area (Å²) in [6.45, 7) is 5.86. The molecule has 0 amide bonds. The summed E-state index contributed by atoms with van der Waals surface area (Å²) in [5, 5.41) is 0. The van der Waals surface area contributed by atoms with E-state index in [4.69, 9.17) is 0 Å². The second kappa shape index (κ2) is 3.59. The molecular weight excluding hydrogens is 86.1 g/mol. The molecular formula is C6H11N. The van der Waals surface area contributed by atoms with Gasteiger partial charge in [0, 0.05) is 11.9 Å². The molecule has 0 bridgehead atoms. The van der Waals surface area contributed by atoms with Crippen LogP contribution in [0.25, 0.3) is 0 Å². The van der Waals surface area contributed by atoms with Crippen LogP contribution < -0.4 is 0 Å². The Morgan fingerprint density at radius 1 is 1.43 bits per heavy atom. The molecule has 0 saturated carbocycles. The highest BCUT2D eigenvalue weighted by Crippen LogP contribution is 1.89. The highest BCUT2D eigenvalue weighted by atomic mass is 14.7. The van der Waals surface area contributed by atoms with E-state index in [0.717, 1.165) is 5.70 Å². The fraction of sp³-hybridized carbons (Fsp3) is 0.500. The minimum atomic E-state index is 1.07. The van der Waals surface area contributed by atoms with Gasteiger partial charge in [-0.15, -0.1) is 0 Å². The Morgan fingerprint density at radius 3 is 2.14 bits per heavy atom. The Labute approximate surface area is 44.8 Å². The molecule has 1 heteroatoms. The average Bonchev–Trinajstić information content (AvgIpc) is 1.68. The predicted molar refractivity (Wildman–Crippen MR) is 33.6 cm³/mol. The Hall–Kier alpha value is -0.590. The van der Waals surface area contributed by atoms with Crippen molar-refractivity contribution in [3.63, 3.8) is 0 Å². The lowest BCUT2D eigenvalue weighted by Crippen LogP contribution is -1.64. The molecule has 0 spiro atoms. The minimum absolute atomic E-state index is 1.07. The van der Waals surface area contributed by atoms with Crippen LogP contribution in [-0.4, -0.2) is 6.21 Å². The number of rotatable bonds is 1. The zero-order valence-electron chi connectivity index (χ0n) is 5.10. The summed E-state index contributed by atoms with van der Waals surface area (Å²) in [6.07, 6.45) is 3.76. The van der Waals surface area contributed by atoms with Gasteiger partial charge in [0.2, 0.25) is 0 Å². The number of aliphatic imine (C=N–C) groups is 1. The van der Waals surface area contributed by atoms with Crippen molar-refractivity contribution in [1.82, 2.24) is 0 Å². The first kappa shape index (κ1) is 6.41. The normalized spacial score (nSPS) is 13.3. The maximum Gasteiger partial charge on any atom is 0.0326 e. The first-order valence-corrected chi connectivity index (χ1v) is 2.43. The van der Waals surface area contributed by atoms with Crippen LogP contribution in [-0.2, 0) is 0 Å². The van der Waals surface area contributed by atoms with Gasteiger partial charge in [0.15, 0.2) is 0 Å². The quantitative estimate of drug-likeness (QED) is 0.444. The Bertz CT molecular complexity index is 90.4. The molecule has 1 nitrogen and oxygen atoms in total. The SMILES string of the molecule is C/C=C(C)\N=C\C. The van der Waals surface area contributed by atoms with Crippen molar-refractivity contribution in [2.24, 2.45) is 4.99 Å². The summed E-state index contributed by atoms with van der Waals surface area (Å²) >= 11 is 0. The monoisotopic (exact) mass is 97.1 g/mol. The molecule has 0 N–H and O–H groups in total. The molecule has 40 valence electrons. The van der Waals surface area contributed by atoms with Crippen LogP contribution in [0.4, 0.5) is 0 Å². The van der Waals surface area contributed by atoms with E-state index in [1.165, 1.54) is 0 Å².